The van der Waals surface area contributed by atoms with E-state index >= 15 is 0 Å². The third-order valence-corrected chi connectivity index (χ3v) is 4.84. The van der Waals surface area contributed by atoms with Crippen LogP contribution in [-0.2, 0) is 0 Å². The van der Waals surface area contributed by atoms with Gasteiger partial charge in [-0.15, -0.1) is 19.7 Å². The first kappa shape index (κ1) is 7.61. The lowest BCUT2D eigenvalue weighted by Crippen LogP contribution is -2.24. The SMILES string of the molecule is C=CC1C2C3CC1(C=C)C(C=C)C32. The van der Waals surface area contributed by atoms with E-state index in [2.05, 4.69) is 38.0 Å². The third-order valence-electron chi connectivity index (χ3n) is 4.84. The largest absolute Gasteiger partial charge is 0.103 e. The maximum atomic E-state index is 4.03. The van der Waals surface area contributed by atoms with Crippen molar-refractivity contribution in [3.8, 4) is 0 Å². The Morgan fingerprint density at radius 2 is 1.54 bits per heavy atom. The highest BCUT2D eigenvalue weighted by molar-refractivity contribution is 5.35. The summed E-state index contributed by atoms with van der Waals surface area (Å²) in [6.45, 7) is 12.0. The molecule has 4 saturated carbocycles. The Labute approximate surface area is 80.0 Å². The van der Waals surface area contributed by atoms with Crippen molar-refractivity contribution in [1.82, 2.24) is 0 Å². The van der Waals surface area contributed by atoms with Crippen molar-refractivity contribution in [2.75, 3.05) is 0 Å². The summed E-state index contributed by atoms with van der Waals surface area (Å²) in [7, 11) is 0. The molecule has 13 heavy (non-hydrogen) atoms. The molecule has 0 heterocycles. The Balaban J connectivity index is 2.10. The number of hydrogen-bond donors (Lipinski definition) is 0. The highest BCUT2D eigenvalue weighted by Crippen LogP contribution is 2.81. The summed E-state index contributed by atoms with van der Waals surface area (Å²) in [6, 6.07) is 0. The zero-order chi connectivity index (χ0) is 9.22. The lowest BCUT2D eigenvalue weighted by Gasteiger charge is -2.30. The Kier molecular flexibility index (Phi) is 1.17. The van der Waals surface area contributed by atoms with E-state index in [9.17, 15) is 0 Å². The van der Waals surface area contributed by atoms with Gasteiger partial charge in [-0.05, 0) is 36.0 Å². The first-order valence-electron chi connectivity index (χ1n) is 5.19. The molecule has 0 aromatic heterocycles. The molecule has 0 aliphatic heterocycles. The van der Waals surface area contributed by atoms with Gasteiger partial charge in [0.2, 0.25) is 0 Å². The first-order chi connectivity index (χ1) is 6.30. The lowest BCUT2D eigenvalue weighted by molar-refractivity contribution is 0.304. The zero-order valence-corrected chi connectivity index (χ0v) is 7.95. The van der Waals surface area contributed by atoms with E-state index in [0.29, 0.717) is 17.3 Å². The molecule has 4 unspecified atom stereocenters. The molecule has 4 aliphatic carbocycles. The van der Waals surface area contributed by atoms with E-state index in [-0.39, 0.29) is 0 Å². The molecular formula is C13H16. The van der Waals surface area contributed by atoms with Crippen LogP contribution in [0.25, 0.3) is 0 Å². The fourth-order valence-electron chi connectivity index (χ4n) is 4.44. The summed E-state index contributed by atoms with van der Waals surface area (Å²) >= 11 is 0. The number of hydrogen-bond acceptors (Lipinski definition) is 0. The van der Waals surface area contributed by atoms with E-state index in [0.717, 1.165) is 17.8 Å². The Bertz CT molecular complexity index is 277. The minimum atomic E-state index is 0.351. The minimum Gasteiger partial charge on any atom is -0.103 e. The summed E-state index contributed by atoms with van der Waals surface area (Å²) in [6.07, 6.45) is 7.86. The van der Waals surface area contributed by atoms with Gasteiger partial charge in [-0.1, -0.05) is 18.2 Å². The van der Waals surface area contributed by atoms with Crippen molar-refractivity contribution in [3.63, 3.8) is 0 Å². The van der Waals surface area contributed by atoms with E-state index < -0.39 is 0 Å². The topological polar surface area (TPSA) is 0 Å². The Morgan fingerprint density at radius 3 is 1.92 bits per heavy atom. The van der Waals surface area contributed by atoms with E-state index in [4.69, 9.17) is 0 Å². The van der Waals surface area contributed by atoms with Gasteiger partial charge in [0.05, 0.1) is 0 Å². The maximum Gasteiger partial charge on any atom is 0.00129 e. The molecule has 0 nitrogen and oxygen atoms in total. The molecule has 0 aromatic carbocycles. The van der Waals surface area contributed by atoms with Gasteiger partial charge in [-0.2, -0.15) is 0 Å². The molecule has 0 N–H and O–H groups in total. The fraction of sp³-hybridized carbons (Fsp3) is 0.538. The smallest absolute Gasteiger partial charge is 0.00129 e. The van der Waals surface area contributed by atoms with Crippen LogP contribution in [0, 0.1) is 35.0 Å². The van der Waals surface area contributed by atoms with Crippen LogP contribution in [0.3, 0.4) is 0 Å². The van der Waals surface area contributed by atoms with Crippen molar-refractivity contribution < 1.29 is 0 Å². The van der Waals surface area contributed by atoms with Gasteiger partial charge in [-0.25, -0.2) is 0 Å². The second-order valence-corrected chi connectivity index (χ2v) is 4.86. The van der Waals surface area contributed by atoms with Crippen LogP contribution in [0.2, 0.25) is 0 Å². The van der Waals surface area contributed by atoms with Crippen LogP contribution in [-0.4, -0.2) is 0 Å². The Morgan fingerprint density at radius 1 is 1.00 bits per heavy atom. The van der Waals surface area contributed by atoms with Crippen molar-refractivity contribution in [3.05, 3.63) is 38.0 Å². The molecule has 0 saturated heterocycles. The van der Waals surface area contributed by atoms with E-state index in [1.165, 1.54) is 6.42 Å². The van der Waals surface area contributed by atoms with Crippen LogP contribution in [0.4, 0.5) is 0 Å². The van der Waals surface area contributed by atoms with Gasteiger partial charge in [0.15, 0.2) is 0 Å². The average molecular weight is 172 g/mol. The number of allylic oxidation sites excluding steroid dienone is 3. The van der Waals surface area contributed by atoms with Crippen molar-refractivity contribution >= 4 is 0 Å². The van der Waals surface area contributed by atoms with E-state index in [1.54, 1.807) is 0 Å². The predicted octanol–water partition coefficient (Wildman–Crippen LogP) is 3.04. The molecule has 0 aromatic rings. The van der Waals surface area contributed by atoms with Gasteiger partial charge in [0, 0.05) is 5.41 Å². The second-order valence-electron chi connectivity index (χ2n) is 4.86. The normalized spacial score (nSPS) is 60.5. The summed E-state index contributed by atoms with van der Waals surface area (Å²) in [5, 5.41) is 0. The summed E-state index contributed by atoms with van der Waals surface area (Å²) in [5.41, 5.74) is 0.351. The van der Waals surface area contributed by atoms with Crippen LogP contribution >= 0.6 is 0 Å². The van der Waals surface area contributed by atoms with Crippen LogP contribution in [0.5, 0.6) is 0 Å². The molecular weight excluding hydrogens is 156 g/mol. The van der Waals surface area contributed by atoms with E-state index in [1.807, 2.05) is 0 Å². The molecule has 4 rings (SSSR count). The molecule has 4 bridgehead atoms. The zero-order valence-electron chi connectivity index (χ0n) is 7.95. The molecule has 4 aliphatic rings. The van der Waals surface area contributed by atoms with Gasteiger partial charge >= 0.3 is 0 Å². The minimum absolute atomic E-state index is 0.351. The Hall–Kier alpha value is -0.780. The molecule has 0 spiro atoms. The second kappa shape index (κ2) is 2.00. The quantitative estimate of drug-likeness (QED) is 0.574. The van der Waals surface area contributed by atoms with Gasteiger partial charge in [0.1, 0.15) is 0 Å². The molecule has 0 radical (unpaired) electrons. The van der Waals surface area contributed by atoms with Gasteiger partial charge < -0.3 is 0 Å². The third kappa shape index (κ3) is 0.561. The van der Waals surface area contributed by atoms with Crippen molar-refractivity contribution in [1.29, 1.82) is 0 Å². The monoisotopic (exact) mass is 172 g/mol. The van der Waals surface area contributed by atoms with Crippen LogP contribution in [0.15, 0.2) is 38.0 Å². The molecule has 68 valence electrons. The maximum absolute atomic E-state index is 4.03. The van der Waals surface area contributed by atoms with Gasteiger partial charge in [0.25, 0.3) is 0 Å². The molecule has 0 heteroatoms. The summed E-state index contributed by atoms with van der Waals surface area (Å²) in [5.74, 6) is 4.23. The number of rotatable bonds is 3. The first-order valence-corrected chi connectivity index (χ1v) is 5.19. The standard InChI is InChI=1S/C13H16/c1-4-9-11-8-7-13(9,6-3)10(5-2)12(8)11/h4-6,8-12H,1-3,7H2. The fourth-order valence-corrected chi connectivity index (χ4v) is 4.44. The average Bonchev–Trinajstić information content (AvgIpc) is 2.60. The van der Waals surface area contributed by atoms with Crippen molar-refractivity contribution in [2.24, 2.45) is 35.0 Å². The van der Waals surface area contributed by atoms with Gasteiger partial charge in [-0.3, -0.25) is 0 Å². The highest BCUT2D eigenvalue weighted by Gasteiger charge is 2.77. The lowest BCUT2D eigenvalue weighted by atomic mass is 9.74. The van der Waals surface area contributed by atoms with Crippen molar-refractivity contribution in [2.45, 2.75) is 6.42 Å². The highest BCUT2D eigenvalue weighted by atomic mass is 14.8. The summed E-state index contributed by atoms with van der Waals surface area (Å²) < 4.78 is 0. The van der Waals surface area contributed by atoms with Crippen LogP contribution in [0.1, 0.15) is 6.42 Å². The molecule has 0 amide bonds. The summed E-state index contributed by atoms with van der Waals surface area (Å²) in [4.78, 5) is 0. The predicted molar refractivity (Wildman–Crippen MR) is 55.1 cm³/mol. The molecule has 4 atom stereocenters. The van der Waals surface area contributed by atoms with Crippen LogP contribution < -0.4 is 0 Å². The molecule has 4 fully saturated rings.